The van der Waals surface area contributed by atoms with Crippen LogP contribution in [-0.2, 0) is 0 Å². The predicted octanol–water partition coefficient (Wildman–Crippen LogP) is 4.74. The van der Waals surface area contributed by atoms with Crippen LogP contribution in [0.15, 0.2) is 0 Å². The molecule has 0 aromatic carbocycles. The van der Waals surface area contributed by atoms with E-state index >= 15 is 0 Å². The van der Waals surface area contributed by atoms with Crippen molar-refractivity contribution in [2.45, 2.75) is 61.3 Å². The summed E-state index contributed by atoms with van der Waals surface area (Å²) in [7, 11) is 0. The lowest BCUT2D eigenvalue weighted by Gasteiger charge is -2.75. The van der Waals surface area contributed by atoms with Crippen LogP contribution in [-0.4, -0.2) is 0 Å². The lowest BCUT2D eigenvalue weighted by molar-refractivity contribution is -0.285. The van der Waals surface area contributed by atoms with Gasteiger partial charge >= 0.3 is 0 Å². The Kier molecular flexibility index (Phi) is 1.37. The SMILES string of the molecule is CC1C2CC3C4(C)CC2(C)C(C)(C)C4(C)C13C. The lowest BCUT2D eigenvalue weighted by Crippen LogP contribution is -2.71. The molecule has 96 valence electrons. The molecule has 17 heavy (non-hydrogen) atoms. The first-order valence-corrected chi connectivity index (χ1v) is 7.59. The molecule has 0 aliphatic heterocycles. The molecule has 7 unspecified atom stereocenters. The van der Waals surface area contributed by atoms with Gasteiger partial charge in [-0.1, -0.05) is 48.5 Å². The van der Waals surface area contributed by atoms with Gasteiger partial charge in [-0.2, -0.15) is 0 Å². The van der Waals surface area contributed by atoms with Crippen LogP contribution in [0.4, 0.5) is 0 Å². The molecular formula is C17H28. The Balaban J connectivity index is 2.08. The first-order valence-electron chi connectivity index (χ1n) is 7.59. The Bertz CT molecular complexity index is 426. The van der Waals surface area contributed by atoms with E-state index in [4.69, 9.17) is 0 Å². The zero-order valence-electron chi connectivity index (χ0n) is 12.6. The van der Waals surface area contributed by atoms with Crippen molar-refractivity contribution in [3.63, 3.8) is 0 Å². The van der Waals surface area contributed by atoms with E-state index < -0.39 is 0 Å². The van der Waals surface area contributed by atoms with Crippen LogP contribution in [0.3, 0.4) is 0 Å². The summed E-state index contributed by atoms with van der Waals surface area (Å²) >= 11 is 0. The molecule has 0 aromatic rings. The topological polar surface area (TPSA) is 0 Å². The molecule has 5 fully saturated rings. The zero-order chi connectivity index (χ0) is 12.6. The van der Waals surface area contributed by atoms with Crippen molar-refractivity contribution in [1.29, 1.82) is 0 Å². The number of hydrogen-bond acceptors (Lipinski definition) is 0. The van der Waals surface area contributed by atoms with E-state index in [-0.39, 0.29) is 0 Å². The monoisotopic (exact) mass is 232 g/mol. The van der Waals surface area contributed by atoms with Crippen molar-refractivity contribution in [2.24, 2.45) is 44.8 Å². The number of rotatable bonds is 0. The maximum atomic E-state index is 2.65. The van der Waals surface area contributed by atoms with Crippen LogP contribution >= 0.6 is 0 Å². The first-order chi connectivity index (χ1) is 7.59. The molecule has 0 amide bonds. The predicted molar refractivity (Wildman–Crippen MR) is 71.6 cm³/mol. The third kappa shape index (κ3) is 0.573. The Morgan fingerprint density at radius 3 is 2.06 bits per heavy atom. The van der Waals surface area contributed by atoms with Gasteiger partial charge in [0.2, 0.25) is 0 Å². The van der Waals surface area contributed by atoms with Crippen molar-refractivity contribution in [3.8, 4) is 0 Å². The molecule has 0 saturated heterocycles. The van der Waals surface area contributed by atoms with Gasteiger partial charge in [-0.25, -0.2) is 0 Å². The second-order valence-corrected chi connectivity index (χ2v) is 9.23. The molecule has 0 radical (unpaired) electrons. The van der Waals surface area contributed by atoms with E-state index in [2.05, 4.69) is 48.5 Å². The zero-order valence-corrected chi connectivity index (χ0v) is 12.6. The van der Waals surface area contributed by atoms with Gasteiger partial charge in [0.05, 0.1) is 0 Å². The van der Waals surface area contributed by atoms with Crippen LogP contribution in [0.1, 0.15) is 61.3 Å². The molecule has 0 heterocycles. The third-order valence-corrected chi connectivity index (χ3v) is 9.98. The summed E-state index contributed by atoms with van der Waals surface area (Å²) in [5, 5.41) is 0. The molecule has 0 spiro atoms. The molecule has 5 aliphatic carbocycles. The molecule has 0 aromatic heterocycles. The van der Waals surface area contributed by atoms with Crippen LogP contribution in [0, 0.1) is 44.8 Å². The second-order valence-electron chi connectivity index (χ2n) is 9.23. The summed E-state index contributed by atoms with van der Waals surface area (Å²) in [5.74, 6) is 2.97. The third-order valence-electron chi connectivity index (χ3n) is 9.98. The van der Waals surface area contributed by atoms with Crippen molar-refractivity contribution in [2.75, 3.05) is 0 Å². The van der Waals surface area contributed by atoms with E-state index in [9.17, 15) is 0 Å². The smallest absolute Gasteiger partial charge is 0.0153 e. The molecular weight excluding hydrogens is 204 g/mol. The average Bonchev–Trinajstić information content (AvgIpc) is 2.47. The van der Waals surface area contributed by atoms with E-state index in [0.29, 0.717) is 27.1 Å². The fraction of sp³-hybridized carbons (Fsp3) is 1.00. The van der Waals surface area contributed by atoms with Gasteiger partial charge in [0.1, 0.15) is 0 Å². The Hall–Kier alpha value is 0. The Labute approximate surface area is 107 Å². The van der Waals surface area contributed by atoms with E-state index in [0.717, 1.165) is 17.8 Å². The highest BCUT2D eigenvalue weighted by Crippen LogP contribution is 2.97. The molecule has 6 bridgehead atoms. The van der Waals surface area contributed by atoms with E-state index in [1.807, 2.05) is 0 Å². The minimum absolute atomic E-state index is 0.522. The standard InChI is InChI=1S/C17H28/c1-10-11-8-12-15(5)9-14(11,4)13(2,3)17(15,7)16(10,12)6/h10-12H,8-9H2,1-7H3. The highest BCUT2D eigenvalue weighted by Gasteiger charge is 2.92. The van der Waals surface area contributed by atoms with E-state index in [1.54, 1.807) is 0 Å². The van der Waals surface area contributed by atoms with Crippen molar-refractivity contribution < 1.29 is 0 Å². The van der Waals surface area contributed by atoms with Gasteiger partial charge < -0.3 is 0 Å². The average molecular weight is 232 g/mol. The molecule has 7 atom stereocenters. The van der Waals surface area contributed by atoms with Crippen LogP contribution in [0.25, 0.3) is 0 Å². The summed E-state index contributed by atoms with van der Waals surface area (Å²) < 4.78 is 0. The summed E-state index contributed by atoms with van der Waals surface area (Å²) in [5.41, 5.74) is 2.96. The molecule has 0 N–H and O–H groups in total. The molecule has 5 rings (SSSR count). The largest absolute Gasteiger partial charge is 0.0617 e. The maximum absolute atomic E-state index is 2.65. The first kappa shape index (κ1) is 10.9. The molecule has 5 aliphatic rings. The van der Waals surface area contributed by atoms with Crippen molar-refractivity contribution >= 4 is 0 Å². The summed E-state index contributed by atoms with van der Waals surface area (Å²) in [6, 6.07) is 0. The van der Waals surface area contributed by atoms with Crippen LogP contribution in [0.5, 0.6) is 0 Å². The molecule has 5 saturated carbocycles. The fourth-order valence-corrected chi connectivity index (χ4v) is 8.70. The summed E-state index contributed by atoms with van der Waals surface area (Å²) in [6.45, 7) is 18.3. The second kappa shape index (κ2) is 2.14. The molecule has 0 heteroatoms. The van der Waals surface area contributed by atoms with Gasteiger partial charge in [-0.15, -0.1) is 0 Å². The van der Waals surface area contributed by atoms with Crippen LogP contribution < -0.4 is 0 Å². The normalized spacial score (nSPS) is 73.9. The minimum Gasteiger partial charge on any atom is -0.0617 e. The van der Waals surface area contributed by atoms with Gasteiger partial charge in [-0.3, -0.25) is 0 Å². The van der Waals surface area contributed by atoms with Gasteiger partial charge in [0.15, 0.2) is 0 Å². The van der Waals surface area contributed by atoms with Gasteiger partial charge in [0.25, 0.3) is 0 Å². The van der Waals surface area contributed by atoms with Crippen molar-refractivity contribution in [1.82, 2.24) is 0 Å². The summed E-state index contributed by atoms with van der Waals surface area (Å²) in [4.78, 5) is 0. The maximum Gasteiger partial charge on any atom is -0.0153 e. The molecule has 0 nitrogen and oxygen atoms in total. The van der Waals surface area contributed by atoms with Gasteiger partial charge in [-0.05, 0) is 57.7 Å². The Morgan fingerprint density at radius 2 is 1.47 bits per heavy atom. The fourth-order valence-electron chi connectivity index (χ4n) is 8.70. The van der Waals surface area contributed by atoms with Crippen molar-refractivity contribution in [3.05, 3.63) is 0 Å². The highest BCUT2D eigenvalue weighted by molar-refractivity contribution is 5.39. The number of hydrogen-bond donors (Lipinski definition) is 0. The highest BCUT2D eigenvalue weighted by atomic mass is 15.0. The van der Waals surface area contributed by atoms with Gasteiger partial charge in [0, 0.05) is 0 Å². The Morgan fingerprint density at radius 1 is 0.882 bits per heavy atom. The quantitative estimate of drug-likeness (QED) is 0.566. The van der Waals surface area contributed by atoms with E-state index in [1.165, 1.54) is 12.8 Å². The van der Waals surface area contributed by atoms with Crippen LogP contribution in [0.2, 0.25) is 0 Å². The summed E-state index contributed by atoms with van der Waals surface area (Å²) in [6.07, 6.45) is 3.03. The lowest BCUT2D eigenvalue weighted by atomic mass is 9.28. The minimum atomic E-state index is 0.522.